The fraction of sp³-hybridized carbons (Fsp3) is 0.893. The minimum Gasteiger partial charge on any atom is -0.462 e. The summed E-state index contributed by atoms with van der Waals surface area (Å²) in [4.78, 5) is 25.2. The molecule has 3 aliphatic rings. The molecule has 0 aliphatic heterocycles. The third kappa shape index (κ3) is 8.62. The number of esters is 2. The van der Waals surface area contributed by atoms with Gasteiger partial charge in [-0.2, -0.15) is 5.26 Å². The van der Waals surface area contributed by atoms with E-state index >= 15 is 0 Å². The molecule has 3 fully saturated rings. The molecule has 3 aliphatic carbocycles. The maximum Gasteiger partial charge on any atom is 0.309 e. The molecule has 0 aromatic heterocycles. The van der Waals surface area contributed by atoms with Gasteiger partial charge >= 0.3 is 11.9 Å². The van der Waals surface area contributed by atoms with Gasteiger partial charge in [0.1, 0.15) is 12.2 Å². The number of unbranched alkanes of at least 4 members (excludes halogenated alkanes) is 4. The normalized spacial score (nSPS) is 32.5. The van der Waals surface area contributed by atoms with Gasteiger partial charge in [-0.25, -0.2) is 0 Å². The first-order valence-electron chi connectivity index (χ1n) is 13.9. The highest BCUT2D eigenvalue weighted by Gasteiger charge is 2.33. The molecule has 0 atom stereocenters. The highest BCUT2D eigenvalue weighted by atomic mass is 16.6. The van der Waals surface area contributed by atoms with Crippen LogP contribution in [0, 0.1) is 35.0 Å². The maximum absolute atomic E-state index is 12.7. The molecule has 186 valence electrons. The Morgan fingerprint density at radius 3 is 1.67 bits per heavy atom. The van der Waals surface area contributed by atoms with Crippen LogP contribution in [0.4, 0.5) is 0 Å². The van der Waals surface area contributed by atoms with Crippen molar-refractivity contribution in [1.82, 2.24) is 0 Å². The number of hydrogen-bond acceptors (Lipinski definition) is 5. The van der Waals surface area contributed by atoms with E-state index in [1.165, 1.54) is 51.4 Å². The molecule has 0 N–H and O–H groups in total. The van der Waals surface area contributed by atoms with E-state index in [4.69, 9.17) is 14.7 Å². The van der Waals surface area contributed by atoms with Crippen LogP contribution in [-0.4, -0.2) is 24.1 Å². The highest BCUT2D eigenvalue weighted by Crippen LogP contribution is 2.34. The molecule has 0 radical (unpaired) electrons. The van der Waals surface area contributed by atoms with Gasteiger partial charge in [-0.1, -0.05) is 45.4 Å². The van der Waals surface area contributed by atoms with Crippen LogP contribution in [0.3, 0.4) is 0 Å². The zero-order valence-corrected chi connectivity index (χ0v) is 20.8. The molecule has 0 bridgehead atoms. The maximum atomic E-state index is 12.7. The Kier molecular flexibility index (Phi) is 11.0. The van der Waals surface area contributed by atoms with Gasteiger partial charge < -0.3 is 9.47 Å². The van der Waals surface area contributed by atoms with Crippen LogP contribution < -0.4 is 0 Å². The lowest BCUT2D eigenvalue weighted by molar-refractivity contribution is -0.164. The number of ether oxygens (including phenoxy) is 2. The van der Waals surface area contributed by atoms with Crippen LogP contribution in [0.2, 0.25) is 0 Å². The van der Waals surface area contributed by atoms with Gasteiger partial charge in [0.25, 0.3) is 0 Å². The second-order valence-corrected chi connectivity index (χ2v) is 10.9. The monoisotopic (exact) mass is 459 g/mol. The number of carbonyl (C=O) groups is 2. The van der Waals surface area contributed by atoms with Gasteiger partial charge in [-0.3, -0.25) is 9.59 Å². The Morgan fingerprint density at radius 2 is 1.18 bits per heavy atom. The molecule has 0 unspecified atom stereocenters. The van der Waals surface area contributed by atoms with E-state index < -0.39 is 0 Å². The number of nitrogens with zero attached hydrogens (tertiary/aromatic N) is 1. The molecule has 33 heavy (non-hydrogen) atoms. The molecule has 5 heteroatoms. The average Bonchev–Trinajstić information content (AvgIpc) is 2.85. The van der Waals surface area contributed by atoms with Crippen molar-refractivity contribution in [2.24, 2.45) is 23.7 Å². The van der Waals surface area contributed by atoms with Crippen molar-refractivity contribution in [2.75, 3.05) is 0 Å². The number of rotatable bonds is 10. The van der Waals surface area contributed by atoms with Crippen LogP contribution in [-0.2, 0) is 19.1 Å². The first kappa shape index (κ1) is 26.0. The minimum absolute atomic E-state index is 0.00564. The largest absolute Gasteiger partial charge is 0.462 e. The van der Waals surface area contributed by atoms with Crippen LogP contribution in [0.5, 0.6) is 0 Å². The molecular formula is C28H45NO4. The molecule has 3 saturated carbocycles. The quantitative estimate of drug-likeness (QED) is 0.263. The number of nitriles is 1. The van der Waals surface area contributed by atoms with Gasteiger partial charge in [0.2, 0.25) is 0 Å². The van der Waals surface area contributed by atoms with Crippen LogP contribution in [0.1, 0.15) is 122 Å². The van der Waals surface area contributed by atoms with E-state index in [1.54, 1.807) is 0 Å². The Balaban J connectivity index is 1.27. The summed E-state index contributed by atoms with van der Waals surface area (Å²) < 4.78 is 11.6. The molecule has 3 rings (SSSR count). The Bertz CT molecular complexity index is 633. The summed E-state index contributed by atoms with van der Waals surface area (Å²) in [5, 5.41) is 9.01. The average molecular weight is 460 g/mol. The van der Waals surface area contributed by atoms with Crippen molar-refractivity contribution in [3.63, 3.8) is 0 Å². The van der Waals surface area contributed by atoms with Crippen LogP contribution in [0.15, 0.2) is 0 Å². The molecule has 0 amide bonds. The summed E-state index contributed by atoms with van der Waals surface area (Å²) in [5.74, 6) is 0.859. The van der Waals surface area contributed by atoms with E-state index in [0.29, 0.717) is 0 Å². The lowest BCUT2D eigenvalue weighted by Crippen LogP contribution is -2.34. The van der Waals surface area contributed by atoms with Gasteiger partial charge in [0, 0.05) is 5.92 Å². The molecule has 0 spiro atoms. The van der Waals surface area contributed by atoms with Crippen molar-refractivity contribution >= 4 is 11.9 Å². The number of hydrogen-bond donors (Lipinski definition) is 0. The summed E-state index contributed by atoms with van der Waals surface area (Å²) in [5.41, 5.74) is 0. The van der Waals surface area contributed by atoms with E-state index in [-0.39, 0.29) is 41.9 Å². The lowest BCUT2D eigenvalue weighted by Gasteiger charge is -2.32. The zero-order valence-electron chi connectivity index (χ0n) is 20.8. The second kappa shape index (κ2) is 14.0. The zero-order chi connectivity index (χ0) is 23.5. The first-order chi connectivity index (χ1) is 16.1. The van der Waals surface area contributed by atoms with E-state index in [9.17, 15) is 9.59 Å². The van der Waals surface area contributed by atoms with Crippen LogP contribution >= 0.6 is 0 Å². The molecule has 0 aromatic carbocycles. The number of carbonyl (C=O) groups excluding carboxylic acids is 2. The topological polar surface area (TPSA) is 76.4 Å². The summed E-state index contributed by atoms with van der Waals surface area (Å²) >= 11 is 0. The Labute approximate surface area is 201 Å². The second-order valence-electron chi connectivity index (χ2n) is 10.9. The van der Waals surface area contributed by atoms with E-state index in [2.05, 4.69) is 13.0 Å². The standard InChI is InChI=1S/C28H45NO4/c1-2-3-4-5-6-7-21-8-12-23(13-9-21)27(30)32-25-16-18-26(19-17-25)33-28(31)24-14-10-22(20-29)11-15-24/h21-26H,2-19H2,1H3. The fourth-order valence-electron chi connectivity index (χ4n) is 5.97. The molecule has 0 saturated heterocycles. The Hall–Kier alpha value is -1.57. The van der Waals surface area contributed by atoms with Crippen molar-refractivity contribution < 1.29 is 19.1 Å². The Morgan fingerprint density at radius 1 is 0.697 bits per heavy atom. The van der Waals surface area contributed by atoms with Crippen molar-refractivity contribution in [2.45, 2.75) is 135 Å². The predicted octanol–water partition coefficient (Wildman–Crippen LogP) is 6.88. The SMILES string of the molecule is CCCCCCCC1CCC(C(=O)OC2CCC(OC(=O)C3CCC(C#N)CC3)CC2)CC1. The third-order valence-corrected chi connectivity index (χ3v) is 8.33. The minimum atomic E-state index is -0.0889. The molecule has 0 aromatic rings. The smallest absolute Gasteiger partial charge is 0.309 e. The summed E-state index contributed by atoms with van der Waals surface area (Å²) in [7, 11) is 0. The third-order valence-electron chi connectivity index (χ3n) is 8.33. The molecule has 5 nitrogen and oxygen atoms in total. The van der Waals surface area contributed by atoms with Gasteiger partial charge in [0.05, 0.1) is 17.9 Å². The van der Waals surface area contributed by atoms with Crippen molar-refractivity contribution in [3.8, 4) is 6.07 Å². The summed E-state index contributed by atoms with van der Waals surface area (Å²) in [6.07, 6.45) is 18.6. The lowest BCUT2D eigenvalue weighted by atomic mass is 9.79. The van der Waals surface area contributed by atoms with Crippen LogP contribution in [0.25, 0.3) is 0 Å². The summed E-state index contributed by atoms with van der Waals surface area (Å²) in [6, 6.07) is 2.31. The first-order valence-corrected chi connectivity index (χ1v) is 13.9. The van der Waals surface area contributed by atoms with E-state index in [0.717, 1.165) is 70.1 Å². The fourth-order valence-corrected chi connectivity index (χ4v) is 5.97. The summed E-state index contributed by atoms with van der Waals surface area (Å²) in [6.45, 7) is 2.26. The predicted molar refractivity (Wildman–Crippen MR) is 128 cm³/mol. The molecular weight excluding hydrogens is 414 g/mol. The van der Waals surface area contributed by atoms with Crippen molar-refractivity contribution in [3.05, 3.63) is 0 Å². The van der Waals surface area contributed by atoms with Crippen molar-refractivity contribution in [1.29, 1.82) is 5.26 Å². The van der Waals surface area contributed by atoms with Gasteiger partial charge in [0.15, 0.2) is 0 Å². The van der Waals surface area contributed by atoms with Gasteiger partial charge in [-0.15, -0.1) is 0 Å². The van der Waals surface area contributed by atoms with Gasteiger partial charge in [-0.05, 0) is 83.0 Å². The highest BCUT2D eigenvalue weighted by molar-refractivity contribution is 5.73. The molecule has 0 heterocycles. The van der Waals surface area contributed by atoms with E-state index in [1.807, 2.05) is 0 Å².